The molecule has 2 N–H and O–H groups in total. The van der Waals surface area contributed by atoms with E-state index in [0.29, 0.717) is 5.41 Å². The molecule has 1 aliphatic heterocycles. The SMILES string of the molecule is CC12CCC(CCN)(CO1)C2. The monoisotopic (exact) mass is 155 g/mol. The van der Waals surface area contributed by atoms with Crippen molar-refractivity contribution in [1.82, 2.24) is 0 Å². The predicted octanol–water partition coefficient (Wildman–Crippen LogP) is 1.29. The molecule has 0 aromatic rings. The largest absolute Gasteiger partial charge is 0.375 e. The fourth-order valence-corrected chi connectivity index (χ4v) is 2.67. The highest BCUT2D eigenvalue weighted by molar-refractivity contribution is 5.02. The minimum atomic E-state index is 0.217. The van der Waals surface area contributed by atoms with E-state index in [1.165, 1.54) is 19.3 Å². The van der Waals surface area contributed by atoms with E-state index < -0.39 is 0 Å². The van der Waals surface area contributed by atoms with Crippen LogP contribution in [0.25, 0.3) is 0 Å². The second-order valence-corrected chi connectivity index (χ2v) is 4.45. The summed E-state index contributed by atoms with van der Waals surface area (Å²) in [4.78, 5) is 0. The molecule has 1 heterocycles. The van der Waals surface area contributed by atoms with Gasteiger partial charge in [-0.1, -0.05) is 0 Å². The molecule has 0 aromatic carbocycles. The number of rotatable bonds is 2. The zero-order valence-corrected chi connectivity index (χ0v) is 7.23. The number of nitrogens with two attached hydrogens (primary N) is 1. The summed E-state index contributed by atoms with van der Waals surface area (Å²) in [5, 5.41) is 0. The average molecular weight is 155 g/mol. The predicted molar refractivity (Wildman–Crippen MR) is 44.3 cm³/mol. The maximum Gasteiger partial charge on any atom is 0.0661 e. The molecule has 2 fully saturated rings. The molecule has 2 nitrogen and oxygen atoms in total. The Morgan fingerprint density at radius 3 is 2.64 bits per heavy atom. The van der Waals surface area contributed by atoms with E-state index in [0.717, 1.165) is 19.6 Å². The van der Waals surface area contributed by atoms with E-state index in [1.54, 1.807) is 0 Å². The van der Waals surface area contributed by atoms with Gasteiger partial charge >= 0.3 is 0 Å². The average Bonchev–Trinajstić information content (AvgIpc) is 2.42. The molecule has 1 saturated carbocycles. The molecule has 64 valence electrons. The Morgan fingerprint density at radius 1 is 1.45 bits per heavy atom. The molecule has 2 aliphatic rings. The standard InChI is InChI=1S/C9H17NO/c1-8-2-3-9(6-8,4-5-10)7-11-8/h2-7,10H2,1H3. The number of ether oxygens (including phenoxy) is 1. The number of hydrogen-bond donors (Lipinski definition) is 1. The molecular weight excluding hydrogens is 138 g/mol. The molecule has 1 saturated heterocycles. The van der Waals surface area contributed by atoms with Gasteiger partial charge in [0, 0.05) is 0 Å². The summed E-state index contributed by atoms with van der Waals surface area (Å²) >= 11 is 0. The topological polar surface area (TPSA) is 35.2 Å². The van der Waals surface area contributed by atoms with Crippen LogP contribution in [0.5, 0.6) is 0 Å². The molecule has 1 aliphatic carbocycles. The second kappa shape index (κ2) is 2.20. The molecule has 2 heteroatoms. The Morgan fingerprint density at radius 2 is 2.27 bits per heavy atom. The fraction of sp³-hybridized carbons (Fsp3) is 1.00. The van der Waals surface area contributed by atoms with Crippen LogP contribution in [-0.4, -0.2) is 18.8 Å². The quantitative estimate of drug-likeness (QED) is 0.652. The Balaban J connectivity index is 2.08. The summed E-state index contributed by atoms with van der Waals surface area (Å²) in [7, 11) is 0. The van der Waals surface area contributed by atoms with Crippen molar-refractivity contribution in [3.63, 3.8) is 0 Å². The minimum absolute atomic E-state index is 0.217. The summed E-state index contributed by atoms with van der Waals surface area (Å²) in [6, 6.07) is 0. The Bertz CT molecular complexity index is 153. The van der Waals surface area contributed by atoms with Gasteiger partial charge in [0.25, 0.3) is 0 Å². The van der Waals surface area contributed by atoms with Gasteiger partial charge in [0.15, 0.2) is 0 Å². The lowest BCUT2D eigenvalue weighted by Crippen LogP contribution is -2.25. The number of hydrogen-bond acceptors (Lipinski definition) is 2. The van der Waals surface area contributed by atoms with Gasteiger partial charge in [-0.05, 0) is 44.6 Å². The smallest absolute Gasteiger partial charge is 0.0661 e. The zero-order valence-electron chi connectivity index (χ0n) is 7.23. The van der Waals surface area contributed by atoms with E-state index in [-0.39, 0.29) is 5.60 Å². The van der Waals surface area contributed by atoms with Crippen LogP contribution in [0, 0.1) is 5.41 Å². The van der Waals surface area contributed by atoms with Crippen molar-refractivity contribution in [2.45, 2.75) is 38.2 Å². The third-order valence-corrected chi connectivity index (χ3v) is 3.33. The highest BCUT2D eigenvalue weighted by Crippen LogP contribution is 2.54. The van der Waals surface area contributed by atoms with Crippen LogP contribution < -0.4 is 5.73 Å². The van der Waals surface area contributed by atoms with E-state index in [2.05, 4.69) is 6.92 Å². The molecule has 2 atom stereocenters. The van der Waals surface area contributed by atoms with E-state index >= 15 is 0 Å². The lowest BCUT2D eigenvalue weighted by molar-refractivity contribution is -0.0163. The minimum Gasteiger partial charge on any atom is -0.375 e. The molecule has 0 amide bonds. The maximum atomic E-state index is 5.74. The highest BCUT2D eigenvalue weighted by Gasteiger charge is 2.52. The fourth-order valence-electron chi connectivity index (χ4n) is 2.67. The van der Waals surface area contributed by atoms with Crippen molar-refractivity contribution in [2.75, 3.05) is 13.2 Å². The summed E-state index contributed by atoms with van der Waals surface area (Å²) in [6.45, 7) is 4.01. The summed E-state index contributed by atoms with van der Waals surface area (Å²) in [5.74, 6) is 0. The van der Waals surface area contributed by atoms with Gasteiger partial charge in [0.2, 0.25) is 0 Å². The molecule has 0 spiro atoms. The van der Waals surface area contributed by atoms with Crippen LogP contribution in [0.2, 0.25) is 0 Å². The lowest BCUT2D eigenvalue weighted by atomic mass is 9.84. The van der Waals surface area contributed by atoms with E-state index in [1.807, 2.05) is 0 Å². The van der Waals surface area contributed by atoms with Gasteiger partial charge in [0.1, 0.15) is 0 Å². The van der Waals surface area contributed by atoms with Crippen LogP contribution in [0.3, 0.4) is 0 Å². The molecule has 2 unspecified atom stereocenters. The molecule has 0 aromatic heterocycles. The van der Waals surface area contributed by atoms with Gasteiger partial charge < -0.3 is 10.5 Å². The highest BCUT2D eigenvalue weighted by atomic mass is 16.5. The Hall–Kier alpha value is -0.0800. The van der Waals surface area contributed by atoms with Crippen LogP contribution in [0.15, 0.2) is 0 Å². The van der Waals surface area contributed by atoms with Crippen molar-refractivity contribution in [1.29, 1.82) is 0 Å². The molecular formula is C9H17NO. The van der Waals surface area contributed by atoms with Crippen LogP contribution in [-0.2, 0) is 4.74 Å². The van der Waals surface area contributed by atoms with Crippen molar-refractivity contribution < 1.29 is 4.74 Å². The first-order valence-corrected chi connectivity index (χ1v) is 4.52. The lowest BCUT2D eigenvalue weighted by Gasteiger charge is -2.25. The molecule has 11 heavy (non-hydrogen) atoms. The first-order valence-electron chi connectivity index (χ1n) is 4.52. The normalized spacial score (nSPS) is 48.5. The summed E-state index contributed by atoms with van der Waals surface area (Å²) in [6.07, 6.45) is 4.98. The van der Waals surface area contributed by atoms with Crippen molar-refractivity contribution in [2.24, 2.45) is 11.1 Å². The molecule has 2 rings (SSSR count). The molecule has 0 radical (unpaired) electrons. The Kier molecular flexibility index (Phi) is 1.52. The first-order chi connectivity index (χ1) is 5.18. The van der Waals surface area contributed by atoms with E-state index in [9.17, 15) is 0 Å². The third kappa shape index (κ3) is 1.09. The van der Waals surface area contributed by atoms with Crippen LogP contribution >= 0.6 is 0 Å². The van der Waals surface area contributed by atoms with Gasteiger partial charge in [-0.3, -0.25) is 0 Å². The van der Waals surface area contributed by atoms with Gasteiger partial charge in [-0.25, -0.2) is 0 Å². The maximum absolute atomic E-state index is 5.74. The van der Waals surface area contributed by atoms with Crippen molar-refractivity contribution >= 4 is 0 Å². The van der Waals surface area contributed by atoms with Crippen molar-refractivity contribution in [3.05, 3.63) is 0 Å². The van der Waals surface area contributed by atoms with Crippen LogP contribution in [0.4, 0.5) is 0 Å². The van der Waals surface area contributed by atoms with E-state index in [4.69, 9.17) is 10.5 Å². The molecule has 2 bridgehead atoms. The second-order valence-electron chi connectivity index (χ2n) is 4.45. The number of fused-ring (bicyclic) bond motifs is 2. The third-order valence-electron chi connectivity index (χ3n) is 3.33. The van der Waals surface area contributed by atoms with Gasteiger partial charge in [-0.15, -0.1) is 0 Å². The van der Waals surface area contributed by atoms with Gasteiger partial charge in [0.05, 0.1) is 12.2 Å². The van der Waals surface area contributed by atoms with Crippen molar-refractivity contribution in [3.8, 4) is 0 Å². The van der Waals surface area contributed by atoms with Gasteiger partial charge in [-0.2, -0.15) is 0 Å². The first kappa shape index (κ1) is 7.56. The summed E-state index contributed by atoms with van der Waals surface area (Å²) < 4.78 is 5.74. The summed E-state index contributed by atoms with van der Waals surface area (Å²) in [5.41, 5.74) is 6.27. The Labute approximate surface area is 68.1 Å². The van der Waals surface area contributed by atoms with Crippen LogP contribution in [0.1, 0.15) is 32.6 Å². The zero-order chi connectivity index (χ0) is 7.95.